The zero-order chi connectivity index (χ0) is 24.6. The molecule has 0 radical (unpaired) electrons. The monoisotopic (exact) mass is 482 g/mol. The van der Waals surface area contributed by atoms with Crippen molar-refractivity contribution in [3.05, 3.63) is 100 Å². The van der Waals surface area contributed by atoms with Gasteiger partial charge < -0.3 is 9.47 Å². The number of hydrogen-bond acceptors (Lipinski definition) is 2. The van der Waals surface area contributed by atoms with Crippen LogP contribution in [0, 0.1) is 29.1 Å². The van der Waals surface area contributed by atoms with Crippen LogP contribution in [0.3, 0.4) is 0 Å². The van der Waals surface area contributed by atoms with E-state index in [2.05, 4.69) is 0 Å². The summed E-state index contributed by atoms with van der Waals surface area (Å²) < 4.78 is 107. The molecule has 178 valence electrons. The van der Waals surface area contributed by atoms with Gasteiger partial charge in [0.05, 0.1) is 13.2 Å². The first-order chi connectivity index (χ1) is 16.2. The first kappa shape index (κ1) is 24.0. The van der Waals surface area contributed by atoms with Crippen molar-refractivity contribution >= 4 is 5.83 Å². The van der Waals surface area contributed by atoms with E-state index in [4.69, 9.17) is 9.47 Å². The second-order valence-electron chi connectivity index (χ2n) is 7.77. The van der Waals surface area contributed by atoms with Gasteiger partial charge in [0.1, 0.15) is 17.5 Å². The van der Waals surface area contributed by atoms with Crippen molar-refractivity contribution in [2.45, 2.75) is 19.1 Å². The van der Waals surface area contributed by atoms with Crippen molar-refractivity contribution in [3.8, 4) is 11.1 Å². The minimum atomic E-state index is -1.61. The third-order valence-electron chi connectivity index (χ3n) is 5.45. The summed E-state index contributed by atoms with van der Waals surface area (Å²) >= 11 is 0. The molecule has 0 amide bonds. The molecule has 3 aromatic rings. The molecule has 0 saturated carbocycles. The second-order valence-corrected chi connectivity index (χ2v) is 7.77. The average Bonchev–Trinajstić information content (AvgIpc) is 2.81. The number of ether oxygens (including phenoxy) is 2. The third-order valence-corrected chi connectivity index (χ3v) is 5.45. The molecule has 1 fully saturated rings. The normalized spacial score (nSPS) is 19.2. The number of hydrogen-bond donors (Lipinski definition) is 0. The number of allylic oxidation sites excluding steroid dienone is 1. The van der Waals surface area contributed by atoms with Gasteiger partial charge >= 0.3 is 0 Å². The molecular formula is C25H17F7O2. The highest BCUT2D eigenvalue weighted by Crippen LogP contribution is 2.34. The van der Waals surface area contributed by atoms with Gasteiger partial charge in [0.15, 0.2) is 29.6 Å². The van der Waals surface area contributed by atoms with E-state index in [0.717, 1.165) is 31.2 Å². The van der Waals surface area contributed by atoms with Gasteiger partial charge in [-0.3, -0.25) is 0 Å². The fourth-order valence-electron chi connectivity index (χ4n) is 3.70. The van der Waals surface area contributed by atoms with Crippen LogP contribution in [0.2, 0.25) is 0 Å². The van der Waals surface area contributed by atoms with Gasteiger partial charge in [0, 0.05) is 22.6 Å². The average molecular weight is 482 g/mol. The summed E-state index contributed by atoms with van der Waals surface area (Å²) in [5.74, 6) is -8.75. The molecule has 4 rings (SSSR count). The topological polar surface area (TPSA) is 18.5 Å². The molecule has 0 aromatic heterocycles. The van der Waals surface area contributed by atoms with E-state index < -0.39 is 52.9 Å². The summed E-state index contributed by atoms with van der Waals surface area (Å²) in [6, 6.07) is 8.72. The molecule has 0 unspecified atom stereocenters. The van der Waals surface area contributed by atoms with Crippen molar-refractivity contribution in [2.24, 2.45) is 0 Å². The highest BCUT2D eigenvalue weighted by atomic mass is 19.2. The van der Waals surface area contributed by atoms with E-state index >= 15 is 0 Å². The fourth-order valence-corrected chi connectivity index (χ4v) is 3.70. The highest BCUT2D eigenvalue weighted by Gasteiger charge is 2.28. The molecule has 1 aliphatic rings. The lowest BCUT2D eigenvalue weighted by molar-refractivity contribution is -0.192. The molecule has 3 aromatic carbocycles. The minimum absolute atomic E-state index is 0.00455. The van der Waals surface area contributed by atoms with Gasteiger partial charge in [0.2, 0.25) is 0 Å². The standard InChI is InChI=1S/C25H17F7O2/c1-12(26)23(31)14-3-5-17(20(28)7-14)13-2-4-18(19(27)6-13)16-10-33-25(34-11-16)15-8-21(29)24(32)22(30)9-15/h2-9,16,25H,10-11H2,1H3/b23-12+. The van der Waals surface area contributed by atoms with Gasteiger partial charge in [-0.25, -0.2) is 30.7 Å². The van der Waals surface area contributed by atoms with Gasteiger partial charge in [0.25, 0.3) is 0 Å². The summed E-state index contributed by atoms with van der Waals surface area (Å²) in [4.78, 5) is 0. The van der Waals surface area contributed by atoms with Crippen molar-refractivity contribution in [3.63, 3.8) is 0 Å². The van der Waals surface area contributed by atoms with Crippen LogP contribution in [0.5, 0.6) is 0 Å². The minimum Gasteiger partial charge on any atom is -0.348 e. The largest absolute Gasteiger partial charge is 0.348 e. The number of benzene rings is 3. The molecule has 2 nitrogen and oxygen atoms in total. The van der Waals surface area contributed by atoms with Crippen LogP contribution >= 0.6 is 0 Å². The molecule has 0 bridgehead atoms. The van der Waals surface area contributed by atoms with Crippen molar-refractivity contribution < 1.29 is 40.2 Å². The zero-order valence-corrected chi connectivity index (χ0v) is 17.6. The maximum absolute atomic E-state index is 14.8. The van der Waals surface area contributed by atoms with E-state index in [0.29, 0.717) is 0 Å². The van der Waals surface area contributed by atoms with Gasteiger partial charge in [-0.05, 0) is 42.3 Å². The molecule has 0 spiro atoms. The van der Waals surface area contributed by atoms with Crippen LogP contribution in [0.4, 0.5) is 30.7 Å². The third kappa shape index (κ3) is 4.71. The van der Waals surface area contributed by atoms with E-state index in [9.17, 15) is 30.7 Å². The first-order valence-electron chi connectivity index (χ1n) is 10.1. The number of halogens is 7. The van der Waals surface area contributed by atoms with Crippen LogP contribution in [0.1, 0.15) is 35.8 Å². The summed E-state index contributed by atoms with van der Waals surface area (Å²) in [6.07, 6.45) is -1.15. The number of rotatable bonds is 4. The molecule has 34 heavy (non-hydrogen) atoms. The lowest BCUT2D eigenvalue weighted by Crippen LogP contribution is -2.26. The first-order valence-corrected chi connectivity index (χ1v) is 10.1. The summed E-state index contributed by atoms with van der Waals surface area (Å²) in [5.41, 5.74) is 0.0522. The Balaban J connectivity index is 1.50. The van der Waals surface area contributed by atoms with Crippen LogP contribution < -0.4 is 0 Å². The Labute approximate surface area is 190 Å². The highest BCUT2D eigenvalue weighted by molar-refractivity contribution is 5.69. The Hall–Kier alpha value is -3.17. The molecule has 1 saturated heterocycles. The molecule has 1 aliphatic heterocycles. The lowest BCUT2D eigenvalue weighted by Gasteiger charge is -2.30. The Morgan fingerprint density at radius 1 is 0.765 bits per heavy atom. The Morgan fingerprint density at radius 2 is 1.41 bits per heavy atom. The van der Waals surface area contributed by atoms with Gasteiger partial charge in [-0.2, -0.15) is 0 Å². The summed E-state index contributed by atoms with van der Waals surface area (Å²) in [5, 5.41) is 0. The molecule has 0 atom stereocenters. The van der Waals surface area contributed by atoms with E-state index in [1.54, 1.807) is 0 Å². The molecule has 9 heteroatoms. The molecular weight excluding hydrogens is 465 g/mol. The quantitative estimate of drug-likeness (QED) is 0.283. The SMILES string of the molecule is C/C(F)=C(\F)c1ccc(-c2ccc(C3COC(c4cc(F)c(F)c(F)c4)OC3)c(F)c2)c(F)c1. The Morgan fingerprint density at radius 3 is 1.97 bits per heavy atom. The van der Waals surface area contributed by atoms with E-state index in [1.807, 2.05) is 0 Å². The Bertz CT molecular complexity index is 1240. The van der Waals surface area contributed by atoms with Crippen LogP contribution in [0.15, 0.2) is 54.4 Å². The van der Waals surface area contributed by atoms with E-state index in [1.165, 1.54) is 24.3 Å². The molecule has 0 N–H and O–H groups in total. The van der Waals surface area contributed by atoms with Crippen molar-refractivity contribution in [1.82, 2.24) is 0 Å². The molecule has 1 heterocycles. The van der Waals surface area contributed by atoms with Crippen LogP contribution in [-0.2, 0) is 9.47 Å². The predicted molar refractivity (Wildman–Crippen MR) is 110 cm³/mol. The van der Waals surface area contributed by atoms with Gasteiger partial charge in [-0.1, -0.05) is 24.3 Å². The lowest BCUT2D eigenvalue weighted by atomic mass is 9.95. The van der Waals surface area contributed by atoms with Crippen LogP contribution in [-0.4, -0.2) is 13.2 Å². The van der Waals surface area contributed by atoms with E-state index in [-0.39, 0.29) is 41.0 Å². The zero-order valence-electron chi connectivity index (χ0n) is 17.6. The predicted octanol–water partition coefficient (Wildman–Crippen LogP) is 7.51. The Kier molecular flexibility index (Phi) is 6.77. The fraction of sp³-hybridized carbons (Fsp3) is 0.200. The van der Waals surface area contributed by atoms with Crippen molar-refractivity contribution in [1.29, 1.82) is 0 Å². The maximum Gasteiger partial charge on any atom is 0.194 e. The van der Waals surface area contributed by atoms with Gasteiger partial charge in [-0.15, -0.1) is 0 Å². The maximum atomic E-state index is 14.8. The summed E-state index contributed by atoms with van der Waals surface area (Å²) in [6.45, 7) is 0.796. The summed E-state index contributed by atoms with van der Waals surface area (Å²) in [7, 11) is 0. The molecule has 0 aliphatic carbocycles. The second kappa shape index (κ2) is 9.60. The smallest absolute Gasteiger partial charge is 0.194 e. The van der Waals surface area contributed by atoms with Crippen molar-refractivity contribution in [2.75, 3.05) is 13.2 Å². The van der Waals surface area contributed by atoms with Crippen LogP contribution in [0.25, 0.3) is 17.0 Å².